The number of benzene rings is 2. The predicted octanol–water partition coefficient (Wildman–Crippen LogP) is 4.99. The number of hydrogen-bond donors (Lipinski definition) is 0. The van der Waals surface area contributed by atoms with Crippen molar-refractivity contribution in [1.82, 2.24) is 10.1 Å². The fourth-order valence-corrected chi connectivity index (χ4v) is 2.47. The zero-order valence-corrected chi connectivity index (χ0v) is 15.3. The second-order valence-corrected chi connectivity index (χ2v) is 6.23. The van der Waals surface area contributed by atoms with Gasteiger partial charge in [0.25, 0.3) is 0 Å². The molecule has 0 aliphatic rings. The molecule has 0 aliphatic heterocycles. The van der Waals surface area contributed by atoms with Gasteiger partial charge in [-0.15, -0.1) is 0 Å². The predicted molar refractivity (Wildman–Crippen MR) is 104 cm³/mol. The van der Waals surface area contributed by atoms with Crippen LogP contribution in [-0.2, 0) is 17.8 Å². The molecular formula is C22H28N2O. The molecule has 0 atom stereocenters. The average Bonchev–Trinajstić information content (AvgIpc) is 2.62. The minimum Gasteiger partial charge on any atom is -0.234 e. The molecular weight excluding hydrogens is 308 g/mol. The number of rotatable bonds is 10. The molecule has 0 saturated carbocycles. The Balaban J connectivity index is 1.93. The Morgan fingerprint density at radius 2 is 1.08 bits per heavy atom. The van der Waals surface area contributed by atoms with Gasteiger partial charge >= 0.3 is 0 Å². The van der Waals surface area contributed by atoms with Crippen LogP contribution in [-0.4, -0.2) is 23.2 Å². The molecule has 132 valence electrons. The lowest BCUT2D eigenvalue weighted by Gasteiger charge is -2.31. The van der Waals surface area contributed by atoms with Crippen LogP contribution in [0.3, 0.4) is 0 Å². The first kappa shape index (κ1) is 18.8. The first-order chi connectivity index (χ1) is 12.1. The second kappa shape index (κ2) is 9.70. The maximum atomic E-state index is 6.08. The van der Waals surface area contributed by atoms with Gasteiger partial charge in [-0.05, 0) is 37.8 Å². The summed E-state index contributed by atoms with van der Waals surface area (Å²) in [7, 11) is 0. The highest BCUT2D eigenvalue weighted by molar-refractivity contribution is 5.15. The highest BCUT2D eigenvalue weighted by atomic mass is 16.8. The minimum atomic E-state index is 0.745. The number of nitrogens with zero attached hydrogens (tertiary/aromatic N) is 2. The Bertz CT molecular complexity index is 607. The van der Waals surface area contributed by atoms with Gasteiger partial charge in [0.2, 0.25) is 0 Å². The molecule has 0 amide bonds. The third-order valence-electron chi connectivity index (χ3n) is 3.94. The standard InChI is InChI=1S/C22H28N2O/c1-19(2)23(17-15-21-11-7-5-8-12-21)25-24(20(3)4)18-16-22-13-9-6-10-14-22/h5-14H,1,3,15-18H2,2,4H3. The van der Waals surface area contributed by atoms with Crippen molar-refractivity contribution >= 4 is 0 Å². The van der Waals surface area contributed by atoms with Gasteiger partial charge in [0.15, 0.2) is 0 Å². The quantitative estimate of drug-likeness (QED) is 0.569. The molecule has 0 unspecified atom stereocenters. The van der Waals surface area contributed by atoms with Crippen molar-refractivity contribution in [1.29, 1.82) is 0 Å². The van der Waals surface area contributed by atoms with E-state index < -0.39 is 0 Å². The third kappa shape index (κ3) is 6.48. The summed E-state index contributed by atoms with van der Waals surface area (Å²) in [4.78, 5) is 6.08. The van der Waals surface area contributed by atoms with E-state index in [2.05, 4.69) is 61.7 Å². The van der Waals surface area contributed by atoms with Crippen LogP contribution in [0, 0.1) is 0 Å². The molecule has 0 spiro atoms. The van der Waals surface area contributed by atoms with E-state index in [1.165, 1.54) is 11.1 Å². The molecule has 2 aromatic rings. The molecule has 0 N–H and O–H groups in total. The zero-order valence-electron chi connectivity index (χ0n) is 15.3. The van der Waals surface area contributed by atoms with Crippen LogP contribution in [0.25, 0.3) is 0 Å². The summed E-state index contributed by atoms with van der Waals surface area (Å²) in [6.07, 6.45) is 1.80. The lowest BCUT2D eigenvalue weighted by atomic mass is 10.1. The molecule has 0 saturated heterocycles. The lowest BCUT2D eigenvalue weighted by Crippen LogP contribution is -2.35. The fraction of sp³-hybridized carbons (Fsp3) is 0.273. The SMILES string of the molecule is C=C(C)N(CCc1ccccc1)ON(CCc1ccccc1)C(=C)C. The van der Waals surface area contributed by atoms with Crippen LogP contribution in [0.4, 0.5) is 0 Å². The van der Waals surface area contributed by atoms with Gasteiger partial charge in [-0.25, -0.2) is 10.1 Å². The fourth-order valence-electron chi connectivity index (χ4n) is 2.47. The zero-order chi connectivity index (χ0) is 18.1. The Hall–Kier alpha value is -2.52. The largest absolute Gasteiger partial charge is 0.234 e. The van der Waals surface area contributed by atoms with Crippen molar-refractivity contribution in [3.8, 4) is 0 Å². The summed E-state index contributed by atoms with van der Waals surface area (Å²) >= 11 is 0. The van der Waals surface area contributed by atoms with E-state index in [0.717, 1.165) is 37.3 Å². The van der Waals surface area contributed by atoms with Gasteiger partial charge in [0, 0.05) is 11.4 Å². The van der Waals surface area contributed by atoms with E-state index in [0.29, 0.717) is 0 Å². The van der Waals surface area contributed by atoms with Crippen LogP contribution < -0.4 is 0 Å². The van der Waals surface area contributed by atoms with Crippen LogP contribution in [0.15, 0.2) is 85.2 Å². The minimum absolute atomic E-state index is 0.745. The number of hydroxylamine groups is 4. The molecule has 0 aromatic heterocycles. The van der Waals surface area contributed by atoms with E-state index in [1.807, 2.05) is 36.1 Å². The molecule has 3 heteroatoms. The van der Waals surface area contributed by atoms with Crippen molar-refractivity contribution in [3.05, 3.63) is 96.3 Å². The second-order valence-electron chi connectivity index (χ2n) is 6.23. The molecule has 0 bridgehead atoms. The van der Waals surface area contributed by atoms with Crippen molar-refractivity contribution in [3.63, 3.8) is 0 Å². The third-order valence-corrected chi connectivity index (χ3v) is 3.94. The molecule has 0 radical (unpaired) electrons. The number of allylic oxidation sites excluding steroid dienone is 2. The van der Waals surface area contributed by atoms with E-state index >= 15 is 0 Å². The molecule has 2 aromatic carbocycles. The van der Waals surface area contributed by atoms with Crippen molar-refractivity contribution in [2.24, 2.45) is 0 Å². The van der Waals surface area contributed by atoms with Crippen molar-refractivity contribution in [2.45, 2.75) is 26.7 Å². The van der Waals surface area contributed by atoms with Crippen LogP contribution in [0.1, 0.15) is 25.0 Å². The van der Waals surface area contributed by atoms with Crippen LogP contribution >= 0.6 is 0 Å². The Morgan fingerprint density at radius 1 is 0.720 bits per heavy atom. The molecule has 25 heavy (non-hydrogen) atoms. The Labute approximate surface area is 151 Å². The van der Waals surface area contributed by atoms with E-state index in [4.69, 9.17) is 4.94 Å². The van der Waals surface area contributed by atoms with E-state index in [9.17, 15) is 0 Å². The highest BCUT2D eigenvalue weighted by Gasteiger charge is 2.13. The summed E-state index contributed by atoms with van der Waals surface area (Å²) in [6.45, 7) is 13.5. The Kier molecular flexibility index (Phi) is 7.30. The first-order valence-electron chi connectivity index (χ1n) is 8.68. The van der Waals surface area contributed by atoms with Gasteiger partial charge in [0.1, 0.15) is 0 Å². The summed E-state index contributed by atoms with van der Waals surface area (Å²) in [5, 5.41) is 3.68. The Morgan fingerprint density at radius 3 is 1.40 bits per heavy atom. The summed E-state index contributed by atoms with van der Waals surface area (Å²) < 4.78 is 0. The van der Waals surface area contributed by atoms with Gasteiger partial charge in [-0.2, -0.15) is 4.94 Å². The van der Waals surface area contributed by atoms with E-state index in [-0.39, 0.29) is 0 Å². The van der Waals surface area contributed by atoms with Crippen LogP contribution in [0.5, 0.6) is 0 Å². The average molecular weight is 336 g/mol. The summed E-state index contributed by atoms with van der Waals surface area (Å²) in [5.74, 6) is 0. The smallest absolute Gasteiger partial charge is 0.0516 e. The lowest BCUT2D eigenvalue weighted by molar-refractivity contribution is -0.292. The molecule has 3 nitrogen and oxygen atoms in total. The highest BCUT2D eigenvalue weighted by Crippen LogP contribution is 2.13. The first-order valence-corrected chi connectivity index (χ1v) is 8.68. The van der Waals surface area contributed by atoms with Crippen LogP contribution in [0.2, 0.25) is 0 Å². The van der Waals surface area contributed by atoms with E-state index in [1.54, 1.807) is 0 Å². The topological polar surface area (TPSA) is 15.7 Å². The normalized spacial score (nSPS) is 10.3. The van der Waals surface area contributed by atoms with Gasteiger partial charge < -0.3 is 0 Å². The van der Waals surface area contributed by atoms with Crippen molar-refractivity contribution in [2.75, 3.05) is 13.1 Å². The summed E-state index contributed by atoms with van der Waals surface area (Å²) in [5.41, 5.74) is 4.32. The van der Waals surface area contributed by atoms with Gasteiger partial charge in [0.05, 0.1) is 13.1 Å². The number of hydrogen-bond acceptors (Lipinski definition) is 3. The molecule has 0 fully saturated rings. The maximum absolute atomic E-state index is 6.08. The molecule has 0 heterocycles. The van der Waals surface area contributed by atoms with Gasteiger partial charge in [-0.1, -0.05) is 73.8 Å². The van der Waals surface area contributed by atoms with Gasteiger partial charge in [-0.3, -0.25) is 0 Å². The summed E-state index contributed by atoms with van der Waals surface area (Å²) in [6, 6.07) is 20.8. The maximum Gasteiger partial charge on any atom is 0.0516 e. The molecule has 2 rings (SSSR count). The monoisotopic (exact) mass is 336 g/mol. The molecule has 0 aliphatic carbocycles. The van der Waals surface area contributed by atoms with Crippen molar-refractivity contribution < 1.29 is 4.94 Å².